The van der Waals surface area contributed by atoms with E-state index in [9.17, 15) is 28.1 Å². The van der Waals surface area contributed by atoms with E-state index >= 15 is 0 Å². The fraction of sp³-hybridized carbons (Fsp3) is 0.286. The Morgan fingerprint density at radius 1 is 0.975 bits per heavy atom. The van der Waals surface area contributed by atoms with Crippen molar-refractivity contribution in [3.63, 3.8) is 0 Å². The van der Waals surface area contributed by atoms with Crippen molar-refractivity contribution < 1.29 is 22.9 Å². The number of amides is 2. The predicted octanol–water partition coefficient (Wildman–Crippen LogP) is 4.18. The first-order chi connectivity index (χ1) is 18.8. The molecule has 3 rings (SSSR count). The summed E-state index contributed by atoms with van der Waals surface area (Å²) in [5, 5.41) is 14.7. The van der Waals surface area contributed by atoms with E-state index in [0.717, 1.165) is 22.2 Å². The SMILES string of the molecule is CC(C)NC(=O)[C@@H](Cc1ccccc1)N(Cc1ccc(Cl)cc1)C(=O)CN(c1cccc([N+](=O)[O-])c1)S(C)(=O)=O. The molecule has 212 valence electrons. The highest BCUT2D eigenvalue weighted by atomic mass is 35.5. The molecule has 1 atom stereocenters. The third-order valence-corrected chi connectivity index (χ3v) is 7.37. The Bertz CT molecular complexity index is 1450. The Hall–Kier alpha value is -3.96. The maximum atomic E-state index is 14.0. The van der Waals surface area contributed by atoms with Gasteiger partial charge in [0.25, 0.3) is 5.69 Å². The van der Waals surface area contributed by atoms with Crippen molar-refractivity contribution in [2.45, 2.75) is 38.9 Å². The minimum Gasteiger partial charge on any atom is -0.352 e. The van der Waals surface area contributed by atoms with Gasteiger partial charge in [0.1, 0.15) is 12.6 Å². The van der Waals surface area contributed by atoms with Gasteiger partial charge in [-0.2, -0.15) is 0 Å². The summed E-state index contributed by atoms with van der Waals surface area (Å²) in [6.45, 7) is 2.92. The van der Waals surface area contributed by atoms with E-state index in [1.165, 1.54) is 23.1 Å². The van der Waals surface area contributed by atoms with Crippen molar-refractivity contribution >= 4 is 44.8 Å². The molecule has 3 aromatic rings. The Morgan fingerprint density at radius 3 is 2.20 bits per heavy atom. The molecule has 40 heavy (non-hydrogen) atoms. The van der Waals surface area contributed by atoms with Gasteiger partial charge in [-0.25, -0.2) is 8.42 Å². The zero-order valence-corrected chi connectivity index (χ0v) is 23.9. The van der Waals surface area contributed by atoms with E-state index in [0.29, 0.717) is 10.6 Å². The molecule has 0 fully saturated rings. The summed E-state index contributed by atoms with van der Waals surface area (Å²) < 4.78 is 26.4. The van der Waals surface area contributed by atoms with Gasteiger partial charge in [-0.3, -0.25) is 24.0 Å². The van der Waals surface area contributed by atoms with E-state index in [1.54, 1.807) is 38.1 Å². The summed E-state index contributed by atoms with van der Waals surface area (Å²) in [6.07, 6.45) is 1.09. The number of hydrogen-bond donors (Lipinski definition) is 1. The van der Waals surface area contributed by atoms with Gasteiger partial charge in [0.2, 0.25) is 21.8 Å². The van der Waals surface area contributed by atoms with Gasteiger partial charge in [-0.05, 0) is 43.2 Å². The van der Waals surface area contributed by atoms with Gasteiger partial charge in [0, 0.05) is 36.2 Å². The molecule has 0 aliphatic heterocycles. The van der Waals surface area contributed by atoms with Gasteiger partial charge in [-0.1, -0.05) is 60.1 Å². The Morgan fingerprint density at radius 2 is 1.62 bits per heavy atom. The van der Waals surface area contributed by atoms with Crippen molar-refractivity contribution in [2.75, 3.05) is 17.1 Å². The molecule has 0 saturated carbocycles. The first kappa shape index (κ1) is 30.6. The fourth-order valence-electron chi connectivity index (χ4n) is 4.10. The number of non-ortho nitro benzene ring substituents is 1. The molecule has 0 bridgehead atoms. The smallest absolute Gasteiger partial charge is 0.271 e. The number of rotatable bonds is 12. The maximum absolute atomic E-state index is 14.0. The minimum atomic E-state index is -4.05. The van der Waals surface area contributed by atoms with Crippen molar-refractivity contribution in [1.82, 2.24) is 10.2 Å². The predicted molar refractivity (Wildman–Crippen MR) is 155 cm³/mol. The number of halogens is 1. The standard InChI is InChI=1S/C28H31ClN4O6S/c1-20(2)30-28(35)26(16-21-8-5-4-6-9-21)31(18-22-12-14-23(29)15-13-22)27(34)19-32(40(3,38)39)24-10-7-11-25(17-24)33(36)37/h4-15,17,20,26H,16,18-19H2,1-3H3,(H,30,35)/t26-/m1/s1. The summed E-state index contributed by atoms with van der Waals surface area (Å²) in [5.74, 6) is -1.06. The van der Waals surface area contributed by atoms with Crippen LogP contribution in [0.2, 0.25) is 5.02 Å². The molecule has 0 spiro atoms. The van der Waals surface area contributed by atoms with Gasteiger partial charge >= 0.3 is 0 Å². The average Bonchev–Trinajstić information content (AvgIpc) is 2.89. The lowest BCUT2D eigenvalue weighted by molar-refractivity contribution is -0.384. The molecule has 3 aromatic carbocycles. The van der Waals surface area contributed by atoms with Crippen LogP contribution in [-0.4, -0.2) is 54.9 Å². The normalized spacial score (nSPS) is 12.0. The minimum absolute atomic E-state index is 0.00838. The van der Waals surface area contributed by atoms with Crippen molar-refractivity contribution in [3.05, 3.63) is 105 Å². The molecule has 0 radical (unpaired) electrons. The second kappa shape index (κ2) is 13.4. The number of carbonyl (C=O) groups excluding carboxylic acids is 2. The number of benzene rings is 3. The zero-order chi connectivity index (χ0) is 29.4. The van der Waals surface area contributed by atoms with Crippen LogP contribution in [0.15, 0.2) is 78.9 Å². The number of nitro benzene ring substituents is 1. The van der Waals surface area contributed by atoms with E-state index in [1.807, 2.05) is 30.3 Å². The molecule has 0 saturated heterocycles. The second-order valence-corrected chi connectivity index (χ2v) is 11.9. The largest absolute Gasteiger partial charge is 0.352 e. The van der Waals surface area contributed by atoms with Gasteiger partial charge < -0.3 is 10.2 Å². The van der Waals surface area contributed by atoms with E-state index in [-0.39, 0.29) is 30.4 Å². The number of hydrogen-bond acceptors (Lipinski definition) is 6. The van der Waals surface area contributed by atoms with Crippen LogP contribution in [0.1, 0.15) is 25.0 Å². The Kier molecular flexibility index (Phi) is 10.2. The average molecular weight is 587 g/mol. The monoisotopic (exact) mass is 586 g/mol. The third kappa shape index (κ3) is 8.52. The van der Waals surface area contributed by atoms with Crippen LogP contribution in [-0.2, 0) is 32.6 Å². The highest BCUT2D eigenvalue weighted by molar-refractivity contribution is 7.92. The van der Waals surface area contributed by atoms with Crippen molar-refractivity contribution in [3.8, 4) is 0 Å². The molecule has 10 nitrogen and oxygen atoms in total. The number of nitro groups is 1. The van der Waals surface area contributed by atoms with Crippen molar-refractivity contribution in [1.29, 1.82) is 0 Å². The van der Waals surface area contributed by atoms with E-state index < -0.39 is 39.3 Å². The molecule has 0 aromatic heterocycles. The van der Waals surface area contributed by atoms with E-state index in [2.05, 4.69) is 5.32 Å². The molecule has 0 unspecified atom stereocenters. The molecule has 0 aliphatic rings. The van der Waals surface area contributed by atoms with Crippen molar-refractivity contribution in [2.24, 2.45) is 0 Å². The Labute approximate surface area is 238 Å². The molecule has 1 N–H and O–H groups in total. The molecule has 0 heterocycles. The first-order valence-corrected chi connectivity index (χ1v) is 14.7. The lowest BCUT2D eigenvalue weighted by Crippen LogP contribution is -2.54. The molecular formula is C28H31ClN4O6S. The number of anilines is 1. The van der Waals surface area contributed by atoms with E-state index in [4.69, 9.17) is 11.6 Å². The summed E-state index contributed by atoms with van der Waals surface area (Å²) in [5.41, 5.74) is 1.12. The summed E-state index contributed by atoms with van der Waals surface area (Å²) >= 11 is 6.04. The summed E-state index contributed by atoms with van der Waals surface area (Å²) in [4.78, 5) is 39.5. The van der Waals surface area contributed by atoms with Crippen LogP contribution < -0.4 is 9.62 Å². The highest BCUT2D eigenvalue weighted by Gasteiger charge is 2.33. The Balaban J connectivity index is 2.07. The maximum Gasteiger partial charge on any atom is 0.271 e. The highest BCUT2D eigenvalue weighted by Crippen LogP contribution is 2.24. The molecule has 0 aliphatic carbocycles. The zero-order valence-electron chi connectivity index (χ0n) is 22.4. The van der Waals surface area contributed by atoms with Crippen LogP contribution in [0, 0.1) is 10.1 Å². The van der Waals surface area contributed by atoms with Gasteiger partial charge in [0.05, 0.1) is 16.9 Å². The fourth-order valence-corrected chi connectivity index (χ4v) is 5.06. The van der Waals surface area contributed by atoms with Crippen LogP contribution >= 0.6 is 11.6 Å². The molecular weight excluding hydrogens is 556 g/mol. The lowest BCUT2D eigenvalue weighted by atomic mass is 10.0. The third-order valence-electron chi connectivity index (χ3n) is 5.98. The second-order valence-electron chi connectivity index (χ2n) is 9.56. The van der Waals surface area contributed by atoms with Crippen LogP contribution in [0.3, 0.4) is 0 Å². The molecule has 12 heteroatoms. The van der Waals surface area contributed by atoms with Gasteiger partial charge in [-0.15, -0.1) is 0 Å². The van der Waals surface area contributed by atoms with Crippen LogP contribution in [0.4, 0.5) is 11.4 Å². The van der Waals surface area contributed by atoms with Crippen LogP contribution in [0.25, 0.3) is 0 Å². The lowest BCUT2D eigenvalue weighted by Gasteiger charge is -2.34. The van der Waals surface area contributed by atoms with Crippen LogP contribution in [0.5, 0.6) is 0 Å². The number of nitrogens with one attached hydrogen (secondary N) is 1. The van der Waals surface area contributed by atoms with Gasteiger partial charge in [0.15, 0.2) is 0 Å². The number of carbonyl (C=O) groups is 2. The summed E-state index contributed by atoms with van der Waals surface area (Å²) in [7, 11) is -4.05. The summed E-state index contributed by atoms with van der Waals surface area (Å²) in [6, 6.07) is 19.8. The number of nitrogens with zero attached hydrogens (tertiary/aromatic N) is 3. The first-order valence-electron chi connectivity index (χ1n) is 12.5. The number of sulfonamides is 1. The molecule has 2 amide bonds. The quantitative estimate of drug-likeness (QED) is 0.250. The topological polar surface area (TPSA) is 130 Å².